The average molecular weight is 288 g/mol. The van der Waals surface area contributed by atoms with Crippen molar-refractivity contribution in [3.05, 3.63) is 34.0 Å². The summed E-state index contributed by atoms with van der Waals surface area (Å²) in [7, 11) is 0. The summed E-state index contributed by atoms with van der Waals surface area (Å²) < 4.78 is 38.6. The Hall–Kier alpha value is -1.03. The van der Waals surface area contributed by atoms with Crippen molar-refractivity contribution in [1.82, 2.24) is 0 Å². The van der Waals surface area contributed by atoms with Crippen LogP contribution in [0.5, 0.6) is 0 Å². The highest BCUT2D eigenvalue weighted by molar-refractivity contribution is 6.30. The van der Waals surface area contributed by atoms with Gasteiger partial charge in [-0.3, -0.25) is 0 Å². The standard InChI is InChI=1S/C14H13ClF3N/c15-13-11-4-2-8-1-3-9(14(16,17)18)7-12(8)10(11)5-6-19-13/h1,3,6,9-10H,2,4-5,7H2. The maximum absolute atomic E-state index is 12.9. The van der Waals surface area contributed by atoms with Crippen molar-refractivity contribution < 1.29 is 13.2 Å². The Morgan fingerprint density at radius 2 is 2.00 bits per heavy atom. The highest BCUT2D eigenvalue weighted by atomic mass is 35.5. The summed E-state index contributed by atoms with van der Waals surface area (Å²) in [6, 6.07) is 0. The Labute approximate surface area is 114 Å². The summed E-state index contributed by atoms with van der Waals surface area (Å²) >= 11 is 6.07. The van der Waals surface area contributed by atoms with Gasteiger partial charge in [0.25, 0.3) is 0 Å². The van der Waals surface area contributed by atoms with Gasteiger partial charge in [0.05, 0.1) is 5.92 Å². The summed E-state index contributed by atoms with van der Waals surface area (Å²) in [6.07, 6.45) is 2.83. The van der Waals surface area contributed by atoms with Crippen LogP contribution in [0.1, 0.15) is 25.7 Å². The van der Waals surface area contributed by atoms with E-state index in [0.717, 1.165) is 29.6 Å². The van der Waals surface area contributed by atoms with Crippen LogP contribution >= 0.6 is 11.6 Å². The number of fused-ring (bicyclic) bond motifs is 2. The van der Waals surface area contributed by atoms with Crippen molar-refractivity contribution in [3.63, 3.8) is 0 Å². The topological polar surface area (TPSA) is 12.4 Å². The quantitative estimate of drug-likeness (QED) is 0.570. The van der Waals surface area contributed by atoms with Crippen molar-refractivity contribution in [2.45, 2.75) is 31.9 Å². The molecule has 2 atom stereocenters. The third-order valence-electron chi connectivity index (χ3n) is 4.12. The van der Waals surface area contributed by atoms with E-state index in [9.17, 15) is 13.2 Å². The van der Waals surface area contributed by atoms with Gasteiger partial charge in [-0.2, -0.15) is 13.2 Å². The van der Waals surface area contributed by atoms with Gasteiger partial charge >= 0.3 is 6.18 Å². The van der Waals surface area contributed by atoms with Crippen LogP contribution in [-0.2, 0) is 0 Å². The lowest BCUT2D eigenvalue weighted by molar-refractivity contribution is -0.161. The van der Waals surface area contributed by atoms with Gasteiger partial charge in [0.15, 0.2) is 0 Å². The van der Waals surface area contributed by atoms with E-state index in [4.69, 9.17) is 11.6 Å². The second kappa shape index (κ2) is 4.51. The number of alkyl halides is 3. The molecule has 0 amide bonds. The van der Waals surface area contributed by atoms with Crippen LogP contribution in [-0.4, -0.2) is 12.4 Å². The van der Waals surface area contributed by atoms with Crippen LogP contribution in [0, 0.1) is 11.8 Å². The molecule has 102 valence electrons. The molecule has 2 unspecified atom stereocenters. The van der Waals surface area contributed by atoms with Crippen molar-refractivity contribution in [2.75, 3.05) is 0 Å². The molecule has 5 heteroatoms. The predicted octanol–water partition coefficient (Wildman–Crippen LogP) is 4.76. The number of allylic oxidation sites excluding steroid dienone is 5. The van der Waals surface area contributed by atoms with Crippen molar-refractivity contribution in [2.24, 2.45) is 16.8 Å². The molecule has 19 heavy (non-hydrogen) atoms. The van der Waals surface area contributed by atoms with E-state index in [-0.39, 0.29) is 12.3 Å². The molecule has 0 radical (unpaired) electrons. The van der Waals surface area contributed by atoms with Crippen LogP contribution < -0.4 is 0 Å². The Bertz CT molecular complexity index is 525. The molecule has 3 rings (SSSR count). The largest absolute Gasteiger partial charge is 0.395 e. The summed E-state index contributed by atoms with van der Waals surface area (Å²) in [5.74, 6) is -1.33. The second-order valence-corrected chi connectivity index (χ2v) is 5.54. The van der Waals surface area contributed by atoms with Crippen LogP contribution in [0.15, 0.2) is 39.0 Å². The first kappa shape index (κ1) is 13.0. The maximum Gasteiger partial charge on any atom is 0.395 e. The minimum atomic E-state index is -4.16. The van der Waals surface area contributed by atoms with Crippen LogP contribution in [0.3, 0.4) is 0 Å². The zero-order valence-electron chi connectivity index (χ0n) is 10.2. The first-order valence-corrected chi connectivity index (χ1v) is 6.72. The average Bonchev–Trinajstić information content (AvgIpc) is 2.37. The van der Waals surface area contributed by atoms with Gasteiger partial charge in [0.2, 0.25) is 0 Å². The first-order valence-electron chi connectivity index (χ1n) is 6.34. The van der Waals surface area contributed by atoms with Crippen LogP contribution in [0.2, 0.25) is 0 Å². The molecule has 0 aromatic carbocycles. The molecule has 0 fully saturated rings. The third-order valence-corrected chi connectivity index (χ3v) is 4.46. The Morgan fingerprint density at radius 1 is 1.21 bits per heavy atom. The number of hydrogen-bond acceptors (Lipinski definition) is 1. The molecule has 2 aliphatic carbocycles. The van der Waals surface area contributed by atoms with Crippen molar-refractivity contribution in [3.8, 4) is 0 Å². The SMILES string of the molecule is FC(F)(F)C1C=CC2=C(C1)C1CC=NC(Cl)=C1CC2. The third kappa shape index (κ3) is 2.27. The molecule has 0 N–H and O–H groups in total. The lowest BCUT2D eigenvalue weighted by atomic mass is 9.71. The molecule has 0 saturated heterocycles. The molecule has 0 spiro atoms. The molecule has 0 aromatic rings. The van der Waals surface area contributed by atoms with E-state index in [2.05, 4.69) is 4.99 Å². The smallest absolute Gasteiger partial charge is 0.249 e. The fourth-order valence-electron chi connectivity index (χ4n) is 3.12. The highest BCUT2D eigenvalue weighted by Crippen LogP contribution is 2.47. The van der Waals surface area contributed by atoms with Crippen LogP contribution in [0.4, 0.5) is 13.2 Å². The molecule has 1 nitrogen and oxygen atoms in total. The lowest BCUT2D eigenvalue weighted by Crippen LogP contribution is -2.28. The molecule has 1 aliphatic heterocycles. The highest BCUT2D eigenvalue weighted by Gasteiger charge is 2.42. The van der Waals surface area contributed by atoms with E-state index in [1.54, 1.807) is 12.3 Å². The number of hydrogen-bond donors (Lipinski definition) is 0. The molecule has 0 aromatic heterocycles. The fraction of sp³-hybridized carbons (Fsp3) is 0.500. The van der Waals surface area contributed by atoms with Gasteiger partial charge in [-0.05, 0) is 36.8 Å². The minimum absolute atomic E-state index is 0.0311. The van der Waals surface area contributed by atoms with Crippen molar-refractivity contribution >= 4 is 17.8 Å². The van der Waals surface area contributed by atoms with E-state index >= 15 is 0 Å². The molecular weight excluding hydrogens is 275 g/mol. The van der Waals surface area contributed by atoms with Gasteiger partial charge < -0.3 is 0 Å². The summed E-state index contributed by atoms with van der Waals surface area (Å²) in [5, 5.41) is 0.473. The van der Waals surface area contributed by atoms with Crippen molar-refractivity contribution in [1.29, 1.82) is 0 Å². The monoisotopic (exact) mass is 287 g/mol. The first-order chi connectivity index (χ1) is 8.97. The molecule has 1 heterocycles. The van der Waals surface area contributed by atoms with Crippen LogP contribution in [0.25, 0.3) is 0 Å². The molecule has 0 saturated carbocycles. The van der Waals surface area contributed by atoms with Gasteiger partial charge in [-0.1, -0.05) is 29.3 Å². The maximum atomic E-state index is 12.9. The summed E-state index contributed by atoms with van der Waals surface area (Å²) in [6.45, 7) is 0. The van der Waals surface area contributed by atoms with E-state index < -0.39 is 12.1 Å². The van der Waals surface area contributed by atoms with Gasteiger partial charge in [-0.25, -0.2) is 4.99 Å². The zero-order chi connectivity index (χ0) is 13.6. The summed E-state index contributed by atoms with van der Waals surface area (Å²) in [4.78, 5) is 4.08. The predicted molar refractivity (Wildman–Crippen MR) is 69.0 cm³/mol. The van der Waals surface area contributed by atoms with Gasteiger partial charge in [-0.15, -0.1) is 0 Å². The number of rotatable bonds is 0. The Kier molecular flexibility index (Phi) is 3.08. The number of aliphatic imine (C=N–C) groups is 1. The van der Waals surface area contributed by atoms with Gasteiger partial charge in [0, 0.05) is 12.1 Å². The minimum Gasteiger partial charge on any atom is -0.249 e. The number of nitrogens with zero attached hydrogens (tertiary/aromatic N) is 1. The Balaban J connectivity index is 1.94. The van der Waals surface area contributed by atoms with Gasteiger partial charge in [0.1, 0.15) is 5.16 Å². The van der Waals surface area contributed by atoms with E-state index in [1.807, 2.05) is 0 Å². The second-order valence-electron chi connectivity index (χ2n) is 5.18. The lowest BCUT2D eigenvalue weighted by Gasteiger charge is -2.35. The fourth-order valence-corrected chi connectivity index (χ4v) is 3.41. The van der Waals surface area contributed by atoms with E-state index in [0.29, 0.717) is 11.6 Å². The molecular formula is C14H13ClF3N. The zero-order valence-corrected chi connectivity index (χ0v) is 10.9. The number of halogens is 4. The molecule has 0 bridgehead atoms. The Morgan fingerprint density at radius 3 is 2.74 bits per heavy atom. The summed E-state index contributed by atoms with van der Waals surface area (Å²) in [5.41, 5.74) is 2.99. The normalized spacial score (nSPS) is 30.5. The molecule has 3 aliphatic rings. The van der Waals surface area contributed by atoms with E-state index in [1.165, 1.54) is 6.08 Å².